The summed E-state index contributed by atoms with van der Waals surface area (Å²) in [6.45, 7) is 3.37. The summed E-state index contributed by atoms with van der Waals surface area (Å²) in [5.41, 5.74) is 4.13. The number of amides is 1. The number of nitrogens with one attached hydrogen (secondary N) is 2. The van der Waals surface area contributed by atoms with Gasteiger partial charge in [0.15, 0.2) is 5.69 Å². The third-order valence-electron chi connectivity index (χ3n) is 4.61. The number of carbonyl (C=O) groups excluding carboxylic acids is 1. The van der Waals surface area contributed by atoms with Gasteiger partial charge in [-0.15, -0.1) is 10.2 Å². The molecular weight excluding hydrogens is 324 g/mol. The Bertz CT molecular complexity index is 751. The first-order valence-electron chi connectivity index (χ1n) is 9.30. The van der Waals surface area contributed by atoms with Gasteiger partial charge in [0.2, 0.25) is 0 Å². The standard InChI is InChI=1S/C21H26N4O/c1-16-7-9-18(10-8-16)15-23-21(26)19-11-12-20(25-24-19)22-14-13-17-5-3-2-4-6-17/h5,7-12H,2-4,6,13-15H2,1H3,(H,22,25)(H,23,26). The van der Waals surface area contributed by atoms with Gasteiger partial charge in [-0.25, -0.2) is 0 Å². The molecule has 5 heteroatoms. The molecule has 1 amide bonds. The summed E-state index contributed by atoms with van der Waals surface area (Å²) in [5, 5.41) is 14.3. The zero-order valence-corrected chi connectivity index (χ0v) is 15.3. The predicted octanol–water partition coefficient (Wildman–Crippen LogP) is 4.02. The van der Waals surface area contributed by atoms with Gasteiger partial charge < -0.3 is 10.6 Å². The smallest absolute Gasteiger partial charge is 0.272 e. The largest absolute Gasteiger partial charge is 0.368 e. The minimum Gasteiger partial charge on any atom is -0.368 e. The van der Waals surface area contributed by atoms with E-state index in [4.69, 9.17) is 0 Å². The number of aryl methyl sites for hydroxylation is 1. The molecule has 0 saturated carbocycles. The molecule has 0 radical (unpaired) electrons. The molecule has 1 aliphatic carbocycles. The van der Waals surface area contributed by atoms with Crippen LogP contribution in [0.4, 0.5) is 5.82 Å². The molecule has 2 aromatic rings. The van der Waals surface area contributed by atoms with Crippen LogP contribution in [0.15, 0.2) is 48.0 Å². The van der Waals surface area contributed by atoms with E-state index in [1.807, 2.05) is 37.3 Å². The number of carbonyl (C=O) groups is 1. The van der Waals surface area contributed by atoms with Gasteiger partial charge in [0.1, 0.15) is 5.82 Å². The van der Waals surface area contributed by atoms with Crippen LogP contribution in [0.3, 0.4) is 0 Å². The van der Waals surface area contributed by atoms with Crippen molar-refractivity contribution in [2.24, 2.45) is 0 Å². The quantitative estimate of drug-likeness (QED) is 0.740. The van der Waals surface area contributed by atoms with Crippen LogP contribution in [0.2, 0.25) is 0 Å². The molecule has 2 N–H and O–H groups in total. The molecule has 1 aliphatic rings. The minimum atomic E-state index is -0.211. The molecule has 0 bridgehead atoms. The lowest BCUT2D eigenvalue weighted by molar-refractivity contribution is 0.0945. The van der Waals surface area contributed by atoms with Crippen molar-refractivity contribution in [3.8, 4) is 0 Å². The van der Waals surface area contributed by atoms with E-state index >= 15 is 0 Å². The SMILES string of the molecule is Cc1ccc(CNC(=O)c2ccc(NCCC3=CCCCC3)nn2)cc1. The fraction of sp³-hybridized carbons (Fsp3) is 0.381. The molecule has 26 heavy (non-hydrogen) atoms. The predicted molar refractivity (Wildman–Crippen MR) is 104 cm³/mol. The number of hydrogen-bond acceptors (Lipinski definition) is 4. The lowest BCUT2D eigenvalue weighted by Crippen LogP contribution is -2.24. The molecule has 1 heterocycles. The number of rotatable bonds is 7. The molecule has 0 unspecified atom stereocenters. The first kappa shape index (κ1) is 18.1. The van der Waals surface area contributed by atoms with E-state index in [9.17, 15) is 4.79 Å². The summed E-state index contributed by atoms with van der Waals surface area (Å²) < 4.78 is 0. The summed E-state index contributed by atoms with van der Waals surface area (Å²) in [4.78, 5) is 12.2. The topological polar surface area (TPSA) is 66.9 Å². The van der Waals surface area contributed by atoms with Crippen molar-refractivity contribution in [2.45, 2.75) is 45.6 Å². The highest BCUT2D eigenvalue weighted by Crippen LogP contribution is 2.19. The summed E-state index contributed by atoms with van der Waals surface area (Å²) in [7, 11) is 0. The second-order valence-electron chi connectivity index (χ2n) is 6.76. The van der Waals surface area contributed by atoms with Gasteiger partial charge in [0.05, 0.1) is 0 Å². The molecule has 0 spiro atoms. The molecular formula is C21H26N4O. The monoisotopic (exact) mass is 350 g/mol. The van der Waals surface area contributed by atoms with Crippen LogP contribution in [0, 0.1) is 6.92 Å². The van der Waals surface area contributed by atoms with Crippen molar-refractivity contribution in [3.63, 3.8) is 0 Å². The fourth-order valence-corrected chi connectivity index (χ4v) is 3.01. The summed E-state index contributed by atoms with van der Waals surface area (Å²) >= 11 is 0. The number of benzene rings is 1. The van der Waals surface area contributed by atoms with E-state index in [-0.39, 0.29) is 5.91 Å². The van der Waals surface area contributed by atoms with Gasteiger partial charge in [-0.05, 0) is 56.7 Å². The Morgan fingerprint density at radius 2 is 1.92 bits per heavy atom. The molecule has 3 rings (SSSR count). The first-order valence-corrected chi connectivity index (χ1v) is 9.30. The lowest BCUT2D eigenvalue weighted by atomic mass is 9.97. The van der Waals surface area contributed by atoms with E-state index < -0.39 is 0 Å². The highest BCUT2D eigenvalue weighted by molar-refractivity contribution is 5.92. The Hall–Kier alpha value is -2.69. The third kappa shape index (κ3) is 5.41. The first-order chi connectivity index (χ1) is 12.7. The molecule has 0 aliphatic heterocycles. The highest BCUT2D eigenvalue weighted by Gasteiger charge is 2.08. The molecule has 0 saturated heterocycles. The van der Waals surface area contributed by atoms with Gasteiger partial charge in [0.25, 0.3) is 5.91 Å². The third-order valence-corrected chi connectivity index (χ3v) is 4.61. The lowest BCUT2D eigenvalue weighted by Gasteiger charge is -2.13. The summed E-state index contributed by atoms with van der Waals surface area (Å²) in [5.74, 6) is 0.494. The summed E-state index contributed by atoms with van der Waals surface area (Å²) in [6, 6.07) is 11.6. The van der Waals surface area contributed by atoms with Gasteiger partial charge in [-0.1, -0.05) is 41.5 Å². The van der Waals surface area contributed by atoms with Crippen LogP contribution < -0.4 is 10.6 Å². The Morgan fingerprint density at radius 3 is 2.62 bits per heavy atom. The molecule has 0 fully saturated rings. The average Bonchev–Trinajstić information content (AvgIpc) is 2.69. The van der Waals surface area contributed by atoms with Crippen LogP contribution in [0.5, 0.6) is 0 Å². The minimum absolute atomic E-state index is 0.211. The van der Waals surface area contributed by atoms with Gasteiger partial charge in [0, 0.05) is 13.1 Å². The van der Waals surface area contributed by atoms with E-state index in [0.717, 1.165) is 18.5 Å². The number of anilines is 1. The summed E-state index contributed by atoms with van der Waals surface area (Å²) in [6.07, 6.45) is 8.45. The van der Waals surface area contributed by atoms with Crippen molar-refractivity contribution in [3.05, 3.63) is 64.9 Å². The molecule has 1 aromatic carbocycles. The highest BCUT2D eigenvalue weighted by atomic mass is 16.1. The molecule has 136 valence electrons. The van der Waals surface area contributed by atoms with Gasteiger partial charge in [-0.3, -0.25) is 4.79 Å². The van der Waals surface area contributed by atoms with E-state index in [2.05, 4.69) is 26.9 Å². The van der Waals surface area contributed by atoms with E-state index in [1.165, 1.54) is 36.8 Å². The molecule has 0 atom stereocenters. The maximum atomic E-state index is 12.2. The Morgan fingerprint density at radius 1 is 1.08 bits per heavy atom. The van der Waals surface area contributed by atoms with Crippen molar-refractivity contribution < 1.29 is 4.79 Å². The van der Waals surface area contributed by atoms with Gasteiger partial charge in [-0.2, -0.15) is 0 Å². The average molecular weight is 350 g/mol. The van der Waals surface area contributed by atoms with Crippen LogP contribution in [-0.4, -0.2) is 22.6 Å². The zero-order chi connectivity index (χ0) is 18.2. The van der Waals surface area contributed by atoms with Crippen LogP contribution in [-0.2, 0) is 6.54 Å². The van der Waals surface area contributed by atoms with Crippen LogP contribution in [0.25, 0.3) is 0 Å². The van der Waals surface area contributed by atoms with Crippen molar-refractivity contribution in [1.82, 2.24) is 15.5 Å². The Balaban J connectivity index is 1.44. The normalized spacial score (nSPS) is 13.8. The second kappa shape index (κ2) is 9.13. The second-order valence-corrected chi connectivity index (χ2v) is 6.76. The van der Waals surface area contributed by atoms with E-state index in [1.54, 1.807) is 6.07 Å². The molecule has 5 nitrogen and oxygen atoms in total. The zero-order valence-electron chi connectivity index (χ0n) is 15.3. The van der Waals surface area contributed by atoms with E-state index in [0.29, 0.717) is 18.1 Å². The van der Waals surface area contributed by atoms with Crippen molar-refractivity contribution in [1.29, 1.82) is 0 Å². The number of nitrogens with zero attached hydrogens (tertiary/aromatic N) is 2. The molecule has 1 aromatic heterocycles. The van der Waals surface area contributed by atoms with Crippen molar-refractivity contribution in [2.75, 3.05) is 11.9 Å². The Kier molecular flexibility index (Phi) is 6.36. The fourth-order valence-electron chi connectivity index (χ4n) is 3.01. The maximum absolute atomic E-state index is 12.2. The van der Waals surface area contributed by atoms with Crippen LogP contribution >= 0.6 is 0 Å². The van der Waals surface area contributed by atoms with Crippen molar-refractivity contribution >= 4 is 11.7 Å². The maximum Gasteiger partial charge on any atom is 0.272 e. The number of aromatic nitrogens is 2. The van der Waals surface area contributed by atoms with Crippen LogP contribution in [0.1, 0.15) is 53.7 Å². The number of allylic oxidation sites excluding steroid dienone is 1. The Labute approximate surface area is 154 Å². The van der Waals surface area contributed by atoms with Gasteiger partial charge >= 0.3 is 0 Å². The number of hydrogen-bond donors (Lipinski definition) is 2.